The van der Waals surface area contributed by atoms with Crippen LogP contribution < -0.4 is 0 Å². The van der Waals surface area contributed by atoms with Crippen LogP contribution in [-0.4, -0.2) is 17.7 Å². The number of carbonyl (C=O) groups excluding carboxylic acids is 1. The largest absolute Gasteiger partial charge is 0.503 e. The van der Waals surface area contributed by atoms with Crippen molar-refractivity contribution in [2.45, 2.75) is 28.5 Å². The first-order chi connectivity index (χ1) is 13.1. The molecule has 0 fully saturated rings. The van der Waals surface area contributed by atoms with Gasteiger partial charge in [0.05, 0.1) is 12.2 Å². The second-order valence-electron chi connectivity index (χ2n) is 6.61. The zero-order valence-corrected chi connectivity index (χ0v) is 16.3. The number of ether oxygens (including phenoxy) is 1. The molecule has 0 heterocycles. The van der Waals surface area contributed by atoms with E-state index in [0.717, 1.165) is 14.7 Å². The van der Waals surface area contributed by atoms with E-state index in [-0.39, 0.29) is 11.7 Å². The van der Waals surface area contributed by atoms with E-state index in [1.54, 1.807) is 6.07 Å². The molecule has 0 aliphatic heterocycles. The Balaban J connectivity index is 1.97. The summed E-state index contributed by atoms with van der Waals surface area (Å²) in [7, 11) is -0.461. The van der Waals surface area contributed by atoms with Crippen LogP contribution in [0.1, 0.15) is 24.2 Å². The minimum atomic E-state index is -0.461. The molecule has 3 nitrogen and oxygen atoms in total. The number of carbonyl (C=O) groups is 1. The fraction of sp³-hybridized carbons (Fsp3) is 0.174. The topological polar surface area (TPSA) is 46.5 Å². The molecule has 0 radical (unpaired) electrons. The fourth-order valence-electron chi connectivity index (χ4n) is 2.65. The molecule has 0 aliphatic carbocycles. The number of rotatable bonds is 6. The van der Waals surface area contributed by atoms with Crippen molar-refractivity contribution in [1.82, 2.24) is 0 Å². The van der Waals surface area contributed by atoms with Gasteiger partial charge in [-0.05, 0) is 48.4 Å². The van der Waals surface area contributed by atoms with Crippen LogP contribution in [0.5, 0.6) is 5.75 Å². The molecule has 0 saturated heterocycles. The van der Waals surface area contributed by atoms with Crippen LogP contribution in [0.15, 0.2) is 93.5 Å². The highest BCUT2D eigenvalue weighted by Crippen LogP contribution is 2.36. The Morgan fingerprint density at radius 3 is 1.96 bits per heavy atom. The van der Waals surface area contributed by atoms with Crippen LogP contribution in [0.4, 0.5) is 0 Å². The third-order valence-electron chi connectivity index (χ3n) is 3.92. The predicted molar refractivity (Wildman–Crippen MR) is 108 cm³/mol. The van der Waals surface area contributed by atoms with Crippen molar-refractivity contribution in [3.05, 3.63) is 84.4 Å². The van der Waals surface area contributed by atoms with Crippen molar-refractivity contribution in [2.24, 2.45) is 5.92 Å². The van der Waals surface area contributed by atoms with Gasteiger partial charge in [-0.1, -0.05) is 50.2 Å². The SMILES string of the molecule is CC(C)COC(=O)c1ccc([S+](c2ccccc2)c2ccccc2)c(O)c1. The number of aromatic hydroxyl groups is 1. The standard InChI is InChI=1S/C23H22O3S/c1-17(2)16-26-23(25)18-13-14-22(21(24)15-18)27(19-9-5-3-6-10-19)20-11-7-4-8-12-20/h3-15,17H,16H2,1-2H3/p+1. The minimum absolute atomic E-state index is 0.102. The molecule has 3 rings (SSSR count). The molecule has 0 spiro atoms. The molecule has 138 valence electrons. The van der Waals surface area contributed by atoms with Crippen molar-refractivity contribution in [2.75, 3.05) is 6.61 Å². The Morgan fingerprint density at radius 1 is 0.926 bits per heavy atom. The lowest BCUT2D eigenvalue weighted by atomic mass is 10.2. The lowest BCUT2D eigenvalue weighted by Gasteiger charge is -2.11. The van der Waals surface area contributed by atoms with Crippen molar-refractivity contribution in [1.29, 1.82) is 0 Å². The molecule has 0 bridgehead atoms. The van der Waals surface area contributed by atoms with Gasteiger partial charge >= 0.3 is 5.97 Å². The van der Waals surface area contributed by atoms with Gasteiger partial charge in [0, 0.05) is 0 Å². The molecule has 4 heteroatoms. The van der Waals surface area contributed by atoms with Gasteiger partial charge < -0.3 is 9.84 Å². The summed E-state index contributed by atoms with van der Waals surface area (Å²) in [4.78, 5) is 15.2. The zero-order valence-electron chi connectivity index (χ0n) is 15.5. The highest BCUT2D eigenvalue weighted by molar-refractivity contribution is 7.97. The van der Waals surface area contributed by atoms with Crippen molar-refractivity contribution >= 4 is 16.9 Å². The van der Waals surface area contributed by atoms with Gasteiger partial charge in [0.2, 0.25) is 4.90 Å². The highest BCUT2D eigenvalue weighted by Gasteiger charge is 2.31. The van der Waals surface area contributed by atoms with Crippen LogP contribution in [0.3, 0.4) is 0 Å². The molecular formula is C23H23O3S+. The van der Waals surface area contributed by atoms with Crippen LogP contribution in [0.2, 0.25) is 0 Å². The van der Waals surface area contributed by atoms with Crippen LogP contribution in [-0.2, 0) is 15.6 Å². The normalized spacial score (nSPS) is 11.0. The summed E-state index contributed by atoms with van der Waals surface area (Å²) < 4.78 is 5.27. The maximum Gasteiger partial charge on any atom is 0.338 e. The van der Waals surface area contributed by atoms with E-state index in [2.05, 4.69) is 24.3 Å². The first-order valence-electron chi connectivity index (χ1n) is 8.91. The number of phenols is 1. The molecule has 0 saturated carbocycles. The molecule has 0 atom stereocenters. The number of phenolic OH excluding ortho intramolecular Hbond substituents is 1. The molecule has 0 aliphatic rings. The van der Waals surface area contributed by atoms with Crippen molar-refractivity contribution in [3.63, 3.8) is 0 Å². The Kier molecular flexibility index (Phi) is 6.20. The van der Waals surface area contributed by atoms with E-state index >= 15 is 0 Å². The Labute approximate surface area is 163 Å². The van der Waals surface area contributed by atoms with Gasteiger partial charge in [-0.15, -0.1) is 0 Å². The highest BCUT2D eigenvalue weighted by atomic mass is 32.2. The van der Waals surface area contributed by atoms with Gasteiger partial charge in [-0.2, -0.15) is 0 Å². The first-order valence-corrected chi connectivity index (χ1v) is 10.1. The average Bonchev–Trinajstić information content (AvgIpc) is 2.69. The summed E-state index contributed by atoms with van der Waals surface area (Å²) in [6.45, 7) is 4.33. The Hall–Kier alpha value is -2.72. The van der Waals surface area contributed by atoms with Gasteiger partial charge in [0.15, 0.2) is 15.5 Å². The van der Waals surface area contributed by atoms with Gasteiger partial charge in [-0.25, -0.2) is 4.79 Å². The monoisotopic (exact) mass is 379 g/mol. The van der Waals surface area contributed by atoms with E-state index in [1.807, 2.05) is 56.3 Å². The molecule has 1 N–H and O–H groups in total. The molecule has 3 aromatic carbocycles. The third kappa shape index (κ3) is 4.72. The second kappa shape index (κ2) is 8.78. The Morgan fingerprint density at radius 2 is 1.48 bits per heavy atom. The minimum Gasteiger partial charge on any atom is -0.503 e. The van der Waals surface area contributed by atoms with Crippen LogP contribution >= 0.6 is 0 Å². The molecular weight excluding hydrogens is 356 g/mol. The summed E-state index contributed by atoms with van der Waals surface area (Å²) in [6, 6.07) is 25.2. The average molecular weight is 380 g/mol. The lowest BCUT2D eigenvalue weighted by Crippen LogP contribution is -2.11. The second-order valence-corrected chi connectivity index (χ2v) is 8.60. The number of esters is 1. The summed E-state index contributed by atoms with van der Waals surface area (Å²) in [5.74, 6) is -0.0428. The maximum absolute atomic E-state index is 12.2. The van der Waals surface area contributed by atoms with Crippen molar-refractivity contribution in [3.8, 4) is 5.75 Å². The molecule has 3 aromatic rings. The van der Waals surface area contributed by atoms with Gasteiger partial charge in [-0.3, -0.25) is 0 Å². The van der Waals surface area contributed by atoms with E-state index in [4.69, 9.17) is 4.74 Å². The number of hydrogen-bond donors (Lipinski definition) is 1. The predicted octanol–water partition coefficient (Wildman–Crippen LogP) is 5.30. The van der Waals surface area contributed by atoms with Crippen molar-refractivity contribution < 1.29 is 14.6 Å². The summed E-state index contributed by atoms with van der Waals surface area (Å²) >= 11 is 0. The number of benzene rings is 3. The Bertz CT molecular complexity index is 853. The fourth-order valence-corrected chi connectivity index (χ4v) is 4.76. The van der Waals surface area contributed by atoms with E-state index in [0.29, 0.717) is 12.2 Å². The quantitative estimate of drug-likeness (QED) is 0.467. The molecule has 27 heavy (non-hydrogen) atoms. The number of hydrogen-bond acceptors (Lipinski definition) is 3. The molecule has 0 unspecified atom stereocenters. The van der Waals surface area contributed by atoms with E-state index in [1.165, 1.54) is 6.07 Å². The van der Waals surface area contributed by atoms with E-state index in [9.17, 15) is 9.90 Å². The smallest absolute Gasteiger partial charge is 0.338 e. The van der Waals surface area contributed by atoms with Gasteiger partial charge in [0.1, 0.15) is 10.9 Å². The molecule has 0 aromatic heterocycles. The molecule has 0 amide bonds. The third-order valence-corrected chi connectivity index (χ3v) is 6.19. The van der Waals surface area contributed by atoms with Crippen LogP contribution in [0, 0.1) is 5.92 Å². The van der Waals surface area contributed by atoms with Gasteiger partial charge in [0.25, 0.3) is 0 Å². The summed E-state index contributed by atoms with van der Waals surface area (Å²) in [5.41, 5.74) is 0.363. The summed E-state index contributed by atoms with van der Waals surface area (Å²) in [5, 5.41) is 10.7. The summed E-state index contributed by atoms with van der Waals surface area (Å²) in [6.07, 6.45) is 0. The lowest BCUT2D eigenvalue weighted by molar-refractivity contribution is 0.0458. The van der Waals surface area contributed by atoms with Crippen LogP contribution in [0.25, 0.3) is 0 Å². The maximum atomic E-state index is 12.2. The first kappa shape index (κ1) is 19.1. The zero-order chi connectivity index (χ0) is 19.2. The van der Waals surface area contributed by atoms with E-state index < -0.39 is 16.9 Å².